The van der Waals surface area contributed by atoms with Gasteiger partial charge in [0.25, 0.3) is 0 Å². The second kappa shape index (κ2) is 2.80. The van der Waals surface area contributed by atoms with Crippen molar-refractivity contribution in [1.82, 2.24) is 0 Å². The van der Waals surface area contributed by atoms with E-state index in [4.69, 9.17) is 5.14 Å². The first-order chi connectivity index (χ1) is 5.94. The lowest BCUT2D eigenvalue weighted by atomic mass is 9.90. The summed E-state index contributed by atoms with van der Waals surface area (Å²) in [4.78, 5) is 0. The molecule has 2 aliphatic rings. The summed E-state index contributed by atoms with van der Waals surface area (Å²) >= 11 is 0. The van der Waals surface area contributed by atoms with Crippen molar-refractivity contribution in [1.29, 1.82) is 0 Å². The van der Waals surface area contributed by atoms with Gasteiger partial charge in [0.15, 0.2) is 0 Å². The fraction of sp³-hybridized carbons (Fsp3) is 1.00. The molecule has 0 spiro atoms. The first-order valence-electron chi connectivity index (χ1n) is 5.09. The Balaban J connectivity index is 2.09. The van der Waals surface area contributed by atoms with Crippen molar-refractivity contribution in [3.05, 3.63) is 0 Å². The zero-order valence-electron chi connectivity index (χ0n) is 8.62. The van der Waals surface area contributed by atoms with Gasteiger partial charge in [-0.25, -0.2) is 4.21 Å². The van der Waals surface area contributed by atoms with E-state index in [1.54, 1.807) is 0 Å². The molecule has 0 aromatic rings. The van der Waals surface area contributed by atoms with Crippen molar-refractivity contribution < 1.29 is 4.21 Å². The van der Waals surface area contributed by atoms with Gasteiger partial charge in [-0.15, -0.1) is 0 Å². The summed E-state index contributed by atoms with van der Waals surface area (Å²) in [5, 5.41) is 5.75. The average Bonchev–Trinajstić information content (AvgIpc) is 2.52. The smallest absolute Gasteiger partial charge is 0.0922 e. The molecule has 0 aliphatic heterocycles. The van der Waals surface area contributed by atoms with Crippen molar-refractivity contribution in [3.8, 4) is 0 Å². The fourth-order valence-corrected chi connectivity index (χ4v) is 4.12. The molecular formula is C10H19NOS. The van der Waals surface area contributed by atoms with Gasteiger partial charge >= 0.3 is 0 Å². The first kappa shape index (κ1) is 9.66. The van der Waals surface area contributed by atoms with Gasteiger partial charge in [0.1, 0.15) is 0 Å². The van der Waals surface area contributed by atoms with Crippen LogP contribution in [0.5, 0.6) is 0 Å². The van der Waals surface area contributed by atoms with Crippen LogP contribution in [0.3, 0.4) is 0 Å². The molecule has 2 fully saturated rings. The summed E-state index contributed by atoms with van der Waals surface area (Å²) in [5.74, 6) is 2.22. The molecule has 0 radical (unpaired) electrons. The maximum Gasteiger partial charge on any atom is 0.0922 e. The lowest BCUT2D eigenvalue weighted by molar-refractivity contribution is 0.373. The second-order valence-corrected chi connectivity index (χ2v) is 6.61. The van der Waals surface area contributed by atoms with Gasteiger partial charge in [-0.3, -0.25) is 5.14 Å². The molecule has 0 heterocycles. The van der Waals surface area contributed by atoms with Crippen molar-refractivity contribution >= 4 is 11.0 Å². The van der Waals surface area contributed by atoms with Crippen LogP contribution in [0.2, 0.25) is 0 Å². The summed E-state index contributed by atoms with van der Waals surface area (Å²) in [6, 6.07) is 0. The number of hydrogen-bond donors (Lipinski definition) is 1. The summed E-state index contributed by atoms with van der Waals surface area (Å²) in [7, 11) is -1.11. The third-order valence-electron chi connectivity index (χ3n) is 4.33. The van der Waals surface area contributed by atoms with Crippen LogP contribution in [-0.4, -0.2) is 9.46 Å². The van der Waals surface area contributed by atoms with Crippen molar-refractivity contribution in [2.45, 2.75) is 38.9 Å². The fourth-order valence-electron chi connectivity index (χ4n) is 3.15. The SMILES string of the molecule is C[C@@H]1C[C@H]2[C@@H](C[C@@H]1S(N)=O)C2(C)C. The molecule has 0 bridgehead atoms. The van der Waals surface area contributed by atoms with E-state index >= 15 is 0 Å². The van der Waals surface area contributed by atoms with Crippen LogP contribution >= 0.6 is 0 Å². The summed E-state index contributed by atoms with van der Waals surface area (Å²) < 4.78 is 11.3. The number of nitrogens with two attached hydrogens (primary N) is 1. The van der Waals surface area contributed by atoms with Crippen LogP contribution in [-0.2, 0) is 11.0 Å². The van der Waals surface area contributed by atoms with Gasteiger partial charge in [0, 0.05) is 0 Å². The first-order valence-corrected chi connectivity index (χ1v) is 6.37. The van der Waals surface area contributed by atoms with Crippen LogP contribution < -0.4 is 5.14 Å². The molecule has 0 aromatic carbocycles. The highest BCUT2D eigenvalue weighted by Crippen LogP contribution is 2.66. The Morgan fingerprint density at radius 3 is 2.38 bits per heavy atom. The molecule has 0 aromatic heterocycles. The number of hydrogen-bond acceptors (Lipinski definition) is 1. The van der Waals surface area contributed by atoms with Crippen LogP contribution in [0.15, 0.2) is 0 Å². The summed E-state index contributed by atoms with van der Waals surface area (Å²) in [6.07, 6.45) is 2.31. The lowest BCUT2D eigenvalue weighted by Gasteiger charge is -2.25. The van der Waals surface area contributed by atoms with Gasteiger partial charge < -0.3 is 0 Å². The van der Waals surface area contributed by atoms with E-state index in [0.717, 1.165) is 18.3 Å². The number of fused-ring (bicyclic) bond motifs is 1. The summed E-state index contributed by atoms with van der Waals surface area (Å²) in [5.41, 5.74) is 0.502. The molecule has 2 N–H and O–H groups in total. The van der Waals surface area contributed by atoms with Gasteiger partial charge in [0.05, 0.1) is 16.2 Å². The van der Waals surface area contributed by atoms with Crippen molar-refractivity contribution in [2.75, 3.05) is 0 Å². The normalized spacial score (nSPS) is 49.5. The predicted molar refractivity (Wildman–Crippen MR) is 55.3 cm³/mol. The molecule has 2 rings (SSSR count). The van der Waals surface area contributed by atoms with Gasteiger partial charge in [-0.1, -0.05) is 20.8 Å². The van der Waals surface area contributed by atoms with E-state index in [9.17, 15) is 4.21 Å². The zero-order valence-corrected chi connectivity index (χ0v) is 9.43. The van der Waals surface area contributed by atoms with E-state index in [1.807, 2.05) is 0 Å². The quantitative estimate of drug-likeness (QED) is 0.689. The topological polar surface area (TPSA) is 43.1 Å². The molecule has 2 saturated carbocycles. The standard InChI is InChI=1S/C10H19NOS/c1-6-4-7-8(10(7,2)3)5-9(6)13(11)12/h6-9H,4-5,11H2,1-3H3/t6-,7+,8-,9+,13?/m1/s1. The molecule has 2 aliphatic carbocycles. The molecular weight excluding hydrogens is 182 g/mol. The average molecular weight is 201 g/mol. The van der Waals surface area contributed by atoms with Crippen LogP contribution in [0.1, 0.15) is 33.6 Å². The third kappa shape index (κ3) is 1.37. The third-order valence-corrected chi connectivity index (χ3v) is 5.59. The largest absolute Gasteiger partial charge is 0.252 e. The van der Waals surface area contributed by atoms with Crippen LogP contribution in [0.25, 0.3) is 0 Å². The Morgan fingerprint density at radius 2 is 1.85 bits per heavy atom. The molecule has 5 atom stereocenters. The van der Waals surface area contributed by atoms with E-state index in [2.05, 4.69) is 20.8 Å². The van der Waals surface area contributed by atoms with E-state index in [1.165, 1.54) is 6.42 Å². The van der Waals surface area contributed by atoms with Gasteiger partial charge in [-0.05, 0) is 36.0 Å². The minimum atomic E-state index is -1.11. The molecule has 76 valence electrons. The molecule has 13 heavy (non-hydrogen) atoms. The highest BCUT2D eigenvalue weighted by Gasteiger charge is 2.61. The highest BCUT2D eigenvalue weighted by molar-refractivity contribution is 7.83. The van der Waals surface area contributed by atoms with Crippen LogP contribution in [0.4, 0.5) is 0 Å². The minimum Gasteiger partial charge on any atom is -0.252 e. The van der Waals surface area contributed by atoms with E-state index in [0.29, 0.717) is 11.3 Å². The maximum atomic E-state index is 11.3. The van der Waals surface area contributed by atoms with Crippen molar-refractivity contribution in [3.63, 3.8) is 0 Å². The Bertz CT molecular complexity index is 251. The predicted octanol–water partition coefficient (Wildman–Crippen LogP) is 1.68. The van der Waals surface area contributed by atoms with Gasteiger partial charge in [-0.2, -0.15) is 0 Å². The van der Waals surface area contributed by atoms with E-state index < -0.39 is 11.0 Å². The zero-order chi connectivity index (χ0) is 9.80. The summed E-state index contributed by atoms with van der Waals surface area (Å²) in [6.45, 7) is 6.85. The van der Waals surface area contributed by atoms with E-state index in [-0.39, 0.29) is 5.25 Å². The Morgan fingerprint density at radius 1 is 1.31 bits per heavy atom. The highest BCUT2D eigenvalue weighted by atomic mass is 32.2. The number of rotatable bonds is 1. The second-order valence-electron chi connectivity index (χ2n) is 5.35. The molecule has 1 unspecified atom stereocenters. The van der Waals surface area contributed by atoms with Gasteiger partial charge in [0.2, 0.25) is 0 Å². The molecule has 3 heteroatoms. The molecule has 0 amide bonds. The minimum absolute atomic E-state index is 0.253. The molecule has 2 nitrogen and oxygen atoms in total. The monoisotopic (exact) mass is 201 g/mol. The van der Waals surface area contributed by atoms with Crippen LogP contribution in [0, 0.1) is 23.2 Å². The lowest BCUT2D eigenvalue weighted by Crippen LogP contribution is -2.32. The maximum absolute atomic E-state index is 11.3. The Hall–Kier alpha value is 0.110. The Kier molecular flexibility index (Phi) is 2.08. The Labute approximate surface area is 82.9 Å². The van der Waals surface area contributed by atoms with Crippen molar-refractivity contribution in [2.24, 2.45) is 28.3 Å². The molecule has 0 saturated heterocycles.